The second kappa shape index (κ2) is 4.98. The molecule has 0 fully saturated rings. The van der Waals surface area contributed by atoms with E-state index in [1.54, 1.807) is 11.8 Å². The Labute approximate surface area is 121 Å². The molecule has 5 heteroatoms. The first-order valence-electron chi connectivity index (χ1n) is 6.74. The van der Waals surface area contributed by atoms with Crippen LogP contribution in [0.3, 0.4) is 0 Å². The number of carbonyl (C=O) groups is 1. The number of nitrogens with zero attached hydrogens (tertiary/aromatic N) is 2. The van der Waals surface area contributed by atoms with Crippen LogP contribution in [0.1, 0.15) is 35.5 Å². The van der Waals surface area contributed by atoms with Crippen LogP contribution in [0.4, 0.5) is 0 Å². The van der Waals surface area contributed by atoms with Gasteiger partial charge in [0.1, 0.15) is 0 Å². The molecular formula is C15H16N2O2S. The quantitative estimate of drug-likeness (QED) is 0.940. The number of aromatic carboxylic acids is 1. The number of thioether (sulfide) groups is 1. The summed E-state index contributed by atoms with van der Waals surface area (Å²) in [6.07, 6.45) is 0.972. The summed E-state index contributed by atoms with van der Waals surface area (Å²) in [6, 6.07) is 6.44. The van der Waals surface area contributed by atoms with Gasteiger partial charge in [0.15, 0.2) is 5.69 Å². The van der Waals surface area contributed by atoms with Gasteiger partial charge in [0, 0.05) is 28.3 Å². The summed E-state index contributed by atoms with van der Waals surface area (Å²) in [5, 5.41) is 13.6. The Balaban J connectivity index is 2.27. The molecule has 1 aromatic carbocycles. The van der Waals surface area contributed by atoms with Crippen molar-refractivity contribution in [3.05, 3.63) is 35.0 Å². The lowest BCUT2D eigenvalue weighted by Gasteiger charge is -2.18. The van der Waals surface area contributed by atoms with Gasteiger partial charge in [-0.15, -0.1) is 11.8 Å². The molecular weight excluding hydrogens is 272 g/mol. The number of carboxylic acid groups (broad SMARTS) is 1. The summed E-state index contributed by atoms with van der Waals surface area (Å²) >= 11 is 1.69. The smallest absolute Gasteiger partial charge is 0.356 e. The number of benzene rings is 1. The minimum absolute atomic E-state index is 0.196. The van der Waals surface area contributed by atoms with Gasteiger partial charge in [0.25, 0.3) is 0 Å². The predicted molar refractivity (Wildman–Crippen MR) is 79.2 cm³/mol. The molecule has 0 atom stereocenters. The standard InChI is InChI=1S/C15H16N2O2S/c1-3-9-5-6-12-10(7-9)14-11(8-20-12)13(15(18)19)16-17(14)4-2/h5-7H,3-4,8H2,1-2H3,(H,18,19). The van der Waals surface area contributed by atoms with E-state index < -0.39 is 5.97 Å². The zero-order chi connectivity index (χ0) is 14.3. The topological polar surface area (TPSA) is 55.1 Å². The van der Waals surface area contributed by atoms with Gasteiger partial charge in [0.2, 0.25) is 0 Å². The number of hydrogen-bond acceptors (Lipinski definition) is 3. The van der Waals surface area contributed by atoms with Crippen molar-refractivity contribution in [1.29, 1.82) is 0 Å². The predicted octanol–water partition coefficient (Wildman–Crippen LogP) is 3.44. The molecule has 104 valence electrons. The number of aromatic nitrogens is 2. The van der Waals surface area contributed by atoms with E-state index in [2.05, 4.69) is 30.2 Å². The highest BCUT2D eigenvalue weighted by molar-refractivity contribution is 7.98. The maximum absolute atomic E-state index is 11.4. The summed E-state index contributed by atoms with van der Waals surface area (Å²) in [4.78, 5) is 12.6. The van der Waals surface area contributed by atoms with Crippen molar-refractivity contribution in [3.63, 3.8) is 0 Å². The highest BCUT2D eigenvalue weighted by Gasteiger charge is 2.28. The van der Waals surface area contributed by atoms with Crippen molar-refractivity contribution in [1.82, 2.24) is 9.78 Å². The van der Waals surface area contributed by atoms with Crippen LogP contribution in [0.5, 0.6) is 0 Å². The highest BCUT2D eigenvalue weighted by Crippen LogP contribution is 2.43. The zero-order valence-corrected chi connectivity index (χ0v) is 12.3. The van der Waals surface area contributed by atoms with E-state index in [1.165, 1.54) is 10.5 Å². The molecule has 1 aliphatic rings. The van der Waals surface area contributed by atoms with Gasteiger partial charge in [-0.2, -0.15) is 5.10 Å². The number of hydrogen-bond donors (Lipinski definition) is 1. The molecule has 3 rings (SSSR count). The number of fused-ring (bicyclic) bond motifs is 3. The summed E-state index contributed by atoms with van der Waals surface area (Å²) in [5.41, 5.74) is 4.41. The number of aryl methyl sites for hydroxylation is 2. The first-order chi connectivity index (χ1) is 9.65. The van der Waals surface area contributed by atoms with Crippen LogP contribution < -0.4 is 0 Å². The van der Waals surface area contributed by atoms with E-state index in [-0.39, 0.29) is 5.69 Å². The van der Waals surface area contributed by atoms with Crippen molar-refractivity contribution >= 4 is 17.7 Å². The van der Waals surface area contributed by atoms with Crippen molar-refractivity contribution in [2.24, 2.45) is 0 Å². The van der Waals surface area contributed by atoms with Gasteiger partial charge in [-0.1, -0.05) is 13.0 Å². The Morgan fingerprint density at radius 3 is 2.90 bits per heavy atom. The molecule has 1 N–H and O–H groups in total. The lowest BCUT2D eigenvalue weighted by Crippen LogP contribution is -2.04. The number of carboxylic acids is 1. The van der Waals surface area contributed by atoms with Crippen molar-refractivity contribution < 1.29 is 9.90 Å². The molecule has 0 radical (unpaired) electrons. The fraction of sp³-hybridized carbons (Fsp3) is 0.333. The van der Waals surface area contributed by atoms with Gasteiger partial charge < -0.3 is 5.11 Å². The summed E-state index contributed by atoms with van der Waals surface area (Å²) in [6.45, 7) is 4.79. The van der Waals surface area contributed by atoms with Crippen LogP contribution in [-0.2, 0) is 18.7 Å². The molecule has 0 saturated carbocycles. The molecule has 4 nitrogen and oxygen atoms in total. The summed E-state index contributed by atoms with van der Waals surface area (Å²) in [7, 11) is 0. The molecule has 2 heterocycles. The average molecular weight is 288 g/mol. The number of rotatable bonds is 3. The maximum atomic E-state index is 11.4. The molecule has 0 amide bonds. The molecule has 0 saturated heterocycles. The lowest BCUT2D eigenvalue weighted by molar-refractivity contribution is 0.0688. The summed E-state index contributed by atoms with van der Waals surface area (Å²) < 4.78 is 1.82. The van der Waals surface area contributed by atoms with Gasteiger partial charge in [0.05, 0.1) is 5.69 Å². The average Bonchev–Trinajstić information content (AvgIpc) is 2.86. The third-order valence-corrected chi connectivity index (χ3v) is 4.73. The minimum Gasteiger partial charge on any atom is -0.476 e. The Morgan fingerprint density at radius 1 is 1.45 bits per heavy atom. The first-order valence-corrected chi connectivity index (χ1v) is 7.73. The molecule has 2 aromatic rings. The van der Waals surface area contributed by atoms with Gasteiger partial charge in [-0.3, -0.25) is 4.68 Å². The zero-order valence-electron chi connectivity index (χ0n) is 11.5. The maximum Gasteiger partial charge on any atom is 0.356 e. The molecule has 0 aliphatic carbocycles. The largest absolute Gasteiger partial charge is 0.476 e. The SMILES string of the molecule is CCc1ccc2c(c1)-c1c(c(C(=O)O)nn1CC)CS2. The van der Waals surface area contributed by atoms with Crippen LogP contribution >= 0.6 is 11.8 Å². The van der Waals surface area contributed by atoms with E-state index in [1.807, 2.05) is 11.6 Å². The van der Waals surface area contributed by atoms with Crippen molar-refractivity contribution in [2.45, 2.75) is 37.5 Å². The molecule has 1 aromatic heterocycles. The van der Waals surface area contributed by atoms with Crippen LogP contribution in [0.2, 0.25) is 0 Å². The Kier molecular flexibility index (Phi) is 3.30. The fourth-order valence-electron chi connectivity index (χ4n) is 2.60. The summed E-state index contributed by atoms with van der Waals surface area (Å²) in [5.74, 6) is -0.265. The van der Waals surface area contributed by atoms with E-state index in [0.29, 0.717) is 12.3 Å². The van der Waals surface area contributed by atoms with E-state index >= 15 is 0 Å². The Bertz CT molecular complexity index is 691. The highest BCUT2D eigenvalue weighted by atomic mass is 32.2. The normalized spacial score (nSPS) is 12.9. The molecule has 0 spiro atoms. The van der Waals surface area contributed by atoms with Gasteiger partial charge in [-0.25, -0.2) is 4.79 Å². The third-order valence-electron chi connectivity index (χ3n) is 3.63. The van der Waals surface area contributed by atoms with Crippen LogP contribution in [0.15, 0.2) is 23.1 Å². The fourth-order valence-corrected chi connectivity index (χ4v) is 3.64. The molecule has 0 unspecified atom stereocenters. The Hall–Kier alpha value is -1.75. The lowest BCUT2D eigenvalue weighted by atomic mass is 10.0. The van der Waals surface area contributed by atoms with Crippen LogP contribution in [0.25, 0.3) is 11.3 Å². The monoisotopic (exact) mass is 288 g/mol. The van der Waals surface area contributed by atoms with Crippen LogP contribution in [0, 0.1) is 0 Å². The second-order valence-electron chi connectivity index (χ2n) is 4.77. The Morgan fingerprint density at radius 2 is 2.25 bits per heavy atom. The molecule has 0 bridgehead atoms. The second-order valence-corrected chi connectivity index (χ2v) is 5.79. The van der Waals surface area contributed by atoms with Gasteiger partial charge >= 0.3 is 5.97 Å². The van der Waals surface area contributed by atoms with Gasteiger partial charge in [-0.05, 0) is 31.0 Å². The molecule has 1 aliphatic heterocycles. The first kappa shape index (κ1) is 13.2. The van der Waals surface area contributed by atoms with E-state index in [0.717, 1.165) is 23.2 Å². The van der Waals surface area contributed by atoms with Crippen molar-refractivity contribution in [3.8, 4) is 11.3 Å². The molecule has 20 heavy (non-hydrogen) atoms. The van der Waals surface area contributed by atoms with Crippen LogP contribution in [-0.4, -0.2) is 20.9 Å². The minimum atomic E-state index is -0.941. The van der Waals surface area contributed by atoms with E-state index in [4.69, 9.17) is 0 Å². The third kappa shape index (κ3) is 1.93. The van der Waals surface area contributed by atoms with E-state index in [9.17, 15) is 9.90 Å². The van der Waals surface area contributed by atoms with Crippen molar-refractivity contribution in [2.75, 3.05) is 0 Å².